The van der Waals surface area contributed by atoms with Crippen molar-refractivity contribution in [2.45, 2.75) is 6.54 Å². The molecule has 1 N–H and O–H groups in total. The van der Waals surface area contributed by atoms with Gasteiger partial charge in [0.25, 0.3) is 5.91 Å². The summed E-state index contributed by atoms with van der Waals surface area (Å²) in [4.78, 5) is 22.7. The van der Waals surface area contributed by atoms with Gasteiger partial charge in [0, 0.05) is 33.4 Å². The van der Waals surface area contributed by atoms with Crippen LogP contribution in [0.4, 0.5) is 5.95 Å². The molecule has 0 atom stereocenters. The second-order valence-electron chi connectivity index (χ2n) is 5.66. The number of nitrogens with one attached hydrogen (secondary N) is 1. The fourth-order valence-electron chi connectivity index (χ4n) is 2.51. The predicted octanol–water partition coefficient (Wildman–Crippen LogP) is 4.36. The number of halogens is 1. The molecule has 3 heterocycles. The van der Waals surface area contributed by atoms with Crippen LogP contribution >= 0.6 is 22.9 Å². The van der Waals surface area contributed by atoms with Gasteiger partial charge in [-0.05, 0) is 41.8 Å². The van der Waals surface area contributed by atoms with Crippen molar-refractivity contribution in [3.63, 3.8) is 0 Å². The van der Waals surface area contributed by atoms with E-state index in [9.17, 15) is 4.79 Å². The zero-order valence-corrected chi connectivity index (χ0v) is 15.6. The van der Waals surface area contributed by atoms with Crippen LogP contribution in [0.1, 0.15) is 15.2 Å². The van der Waals surface area contributed by atoms with E-state index in [1.165, 1.54) is 4.68 Å². The van der Waals surface area contributed by atoms with Gasteiger partial charge in [-0.3, -0.25) is 9.78 Å². The standard InChI is InChI=1S/C19H14ClN5OS/c20-15-6-1-4-13(10-15)18(26)25-19(22-12-16-7-3-9-27-16)23-17(24-25)14-5-2-8-21-11-14/h1-11H,12H2,(H,22,23,24). The molecule has 0 unspecified atom stereocenters. The average Bonchev–Trinajstić information content (AvgIpc) is 3.36. The number of nitrogens with zero attached hydrogens (tertiary/aromatic N) is 4. The molecular weight excluding hydrogens is 382 g/mol. The highest BCUT2D eigenvalue weighted by Crippen LogP contribution is 2.20. The minimum absolute atomic E-state index is 0.311. The Kier molecular flexibility index (Phi) is 4.95. The lowest BCUT2D eigenvalue weighted by atomic mass is 10.2. The van der Waals surface area contributed by atoms with Crippen molar-refractivity contribution in [1.29, 1.82) is 0 Å². The first-order valence-electron chi connectivity index (χ1n) is 8.15. The van der Waals surface area contributed by atoms with Gasteiger partial charge >= 0.3 is 0 Å². The van der Waals surface area contributed by atoms with Crippen LogP contribution in [0.2, 0.25) is 5.02 Å². The van der Waals surface area contributed by atoms with E-state index in [1.54, 1.807) is 54.1 Å². The van der Waals surface area contributed by atoms with Crippen LogP contribution in [-0.2, 0) is 6.54 Å². The lowest BCUT2D eigenvalue weighted by Gasteiger charge is -2.06. The molecule has 0 bridgehead atoms. The van der Waals surface area contributed by atoms with Gasteiger partial charge in [-0.2, -0.15) is 9.67 Å². The number of benzene rings is 1. The van der Waals surface area contributed by atoms with E-state index in [1.807, 2.05) is 23.6 Å². The molecular formula is C19H14ClN5OS. The van der Waals surface area contributed by atoms with Gasteiger partial charge in [-0.25, -0.2) is 0 Å². The monoisotopic (exact) mass is 395 g/mol. The molecule has 0 aliphatic rings. The first kappa shape index (κ1) is 17.4. The summed E-state index contributed by atoms with van der Waals surface area (Å²) in [6.07, 6.45) is 3.33. The number of rotatable bonds is 5. The Hall–Kier alpha value is -3.03. The molecule has 0 amide bonds. The van der Waals surface area contributed by atoms with Gasteiger partial charge in [0.2, 0.25) is 5.95 Å². The Morgan fingerprint density at radius 3 is 2.85 bits per heavy atom. The third kappa shape index (κ3) is 3.89. The molecule has 0 saturated heterocycles. The van der Waals surface area contributed by atoms with E-state index < -0.39 is 0 Å². The van der Waals surface area contributed by atoms with Crippen LogP contribution in [0.15, 0.2) is 66.3 Å². The Morgan fingerprint density at radius 2 is 2.11 bits per heavy atom. The van der Waals surface area contributed by atoms with Crippen molar-refractivity contribution in [3.8, 4) is 11.4 Å². The van der Waals surface area contributed by atoms with Crippen LogP contribution in [0, 0.1) is 0 Å². The summed E-state index contributed by atoms with van der Waals surface area (Å²) >= 11 is 7.65. The first-order valence-corrected chi connectivity index (χ1v) is 9.40. The molecule has 4 rings (SSSR count). The van der Waals surface area contributed by atoms with E-state index in [0.717, 1.165) is 10.4 Å². The Labute approximate surface area is 164 Å². The lowest BCUT2D eigenvalue weighted by Crippen LogP contribution is -2.17. The van der Waals surface area contributed by atoms with Crippen LogP contribution in [0.25, 0.3) is 11.4 Å². The minimum atomic E-state index is -0.311. The summed E-state index contributed by atoms with van der Waals surface area (Å²) in [7, 11) is 0. The molecule has 134 valence electrons. The predicted molar refractivity (Wildman–Crippen MR) is 106 cm³/mol. The van der Waals surface area contributed by atoms with Gasteiger partial charge in [-0.1, -0.05) is 23.7 Å². The normalized spacial score (nSPS) is 10.7. The second-order valence-corrected chi connectivity index (χ2v) is 7.13. The molecule has 4 aromatic rings. The number of thiophene rings is 1. The maximum atomic E-state index is 13.0. The average molecular weight is 396 g/mol. The van der Waals surface area contributed by atoms with E-state index >= 15 is 0 Å². The fraction of sp³-hybridized carbons (Fsp3) is 0.0526. The molecule has 0 spiro atoms. The maximum Gasteiger partial charge on any atom is 0.281 e. The molecule has 0 aliphatic heterocycles. The molecule has 0 saturated carbocycles. The highest BCUT2D eigenvalue weighted by Gasteiger charge is 2.19. The highest BCUT2D eigenvalue weighted by atomic mass is 35.5. The fourth-order valence-corrected chi connectivity index (χ4v) is 3.34. The van der Waals surface area contributed by atoms with E-state index in [-0.39, 0.29) is 5.91 Å². The second kappa shape index (κ2) is 7.69. The summed E-state index contributed by atoms with van der Waals surface area (Å²) in [5.74, 6) is 0.480. The summed E-state index contributed by atoms with van der Waals surface area (Å²) < 4.78 is 1.27. The van der Waals surface area contributed by atoms with Crippen LogP contribution in [-0.4, -0.2) is 25.7 Å². The van der Waals surface area contributed by atoms with Crippen molar-refractivity contribution in [1.82, 2.24) is 19.7 Å². The smallest absolute Gasteiger partial charge is 0.281 e. The van der Waals surface area contributed by atoms with Crippen molar-refractivity contribution in [2.75, 3.05) is 5.32 Å². The van der Waals surface area contributed by atoms with Crippen LogP contribution < -0.4 is 5.32 Å². The van der Waals surface area contributed by atoms with E-state index in [0.29, 0.717) is 28.9 Å². The Balaban J connectivity index is 1.71. The van der Waals surface area contributed by atoms with Crippen LogP contribution in [0.3, 0.4) is 0 Å². The topological polar surface area (TPSA) is 72.7 Å². The number of carbonyl (C=O) groups excluding carboxylic acids is 1. The molecule has 27 heavy (non-hydrogen) atoms. The minimum Gasteiger partial charge on any atom is -0.349 e. The number of pyridine rings is 1. The summed E-state index contributed by atoms with van der Waals surface area (Å²) in [5.41, 5.74) is 1.17. The van der Waals surface area contributed by atoms with Gasteiger partial charge in [-0.15, -0.1) is 16.4 Å². The zero-order valence-electron chi connectivity index (χ0n) is 14.0. The van der Waals surface area contributed by atoms with Crippen molar-refractivity contribution in [2.24, 2.45) is 0 Å². The number of carbonyl (C=O) groups is 1. The van der Waals surface area contributed by atoms with Crippen molar-refractivity contribution in [3.05, 3.63) is 81.8 Å². The third-order valence-corrected chi connectivity index (χ3v) is 4.90. The largest absolute Gasteiger partial charge is 0.349 e. The molecule has 0 aliphatic carbocycles. The number of anilines is 1. The Bertz CT molecular complexity index is 1060. The van der Waals surface area contributed by atoms with Gasteiger partial charge in [0.1, 0.15) is 0 Å². The SMILES string of the molecule is O=C(c1cccc(Cl)c1)n1nc(-c2cccnc2)nc1NCc1cccs1. The highest BCUT2D eigenvalue weighted by molar-refractivity contribution is 7.09. The molecule has 8 heteroatoms. The lowest BCUT2D eigenvalue weighted by molar-refractivity contribution is 0.0947. The Morgan fingerprint density at radius 1 is 1.19 bits per heavy atom. The maximum absolute atomic E-state index is 13.0. The number of hydrogen-bond acceptors (Lipinski definition) is 6. The zero-order chi connectivity index (χ0) is 18.6. The number of aromatic nitrogens is 4. The summed E-state index contributed by atoms with van der Waals surface area (Å²) in [5, 5.41) is 10.1. The van der Waals surface area contributed by atoms with E-state index in [4.69, 9.17) is 11.6 Å². The molecule has 0 radical (unpaired) electrons. The molecule has 1 aromatic carbocycles. The molecule has 3 aromatic heterocycles. The first-order chi connectivity index (χ1) is 13.2. The molecule has 6 nitrogen and oxygen atoms in total. The van der Waals surface area contributed by atoms with Crippen molar-refractivity contribution < 1.29 is 4.79 Å². The summed E-state index contributed by atoms with van der Waals surface area (Å²) in [6.45, 7) is 0.547. The van der Waals surface area contributed by atoms with Gasteiger partial charge in [0.05, 0.1) is 6.54 Å². The quantitative estimate of drug-likeness (QED) is 0.543. The van der Waals surface area contributed by atoms with E-state index in [2.05, 4.69) is 20.4 Å². The number of hydrogen-bond donors (Lipinski definition) is 1. The molecule has 0 fully saturated rings. The summed E-state index contributed by atoms with van der Waals surface area (Å²) in [6, 6.07) is 14.4. The van der Waals surface area contributed by atoms with Gasteiger partial charge < -0.3 is 5.32 Å². The third-order valence-electron chi connectivity index (χ3n) is 3.79. The van der Waals surface area contributed by atoms with Gasteiger partial charge in [0.15, 0.2) is 5.82 Å². The van der Waals surface area contributed by atoms with Crippen molar-refractivity contribution >= 4 is 34.8 Å². The van der Waals surface area contributed by atoms with Crippen LogP contribution in [0.5, 0.6) is 0 Å².